The van der Waals surface area contributed by atoms with Crippen LogP contribution in [0, 0.1) is 0 Å². The smallest absolute Gasteiger partial charge is 0.196 e. The molecule has 0 N–H and O–H groups in total. The minimum Gasteiger partial charge on any atom is -0.341 e. The van der Waals surface area contributed by atoms with Crippen molar-refractivity contribution < 1.29 is 9.59 Å². The maximum Gasteiger partial charge on any atom is 0.196 e. The molecule has 128 valence electrons. The summed E-state index contributed by atoms with van der Waals surface area (Å²) in [6, 6.07) is 20.7. The Kier molecular flexibility index (Phi) is 4.21. The van der Waals surface area contributed by atoms with Crippen LogP contribution in [-0.4, -0.2) is 18.1 Å². The van der Waals surface area contributed by atoms with Gasteiger partial charge < -0.3 is 4.90 Å². The van der Waals surface area contributed by atoms with Crippen LogP contribution >= 0.6 is 15.9 Å². The van der Waals surface area contributed by atoms with Crippen molar-refractivity contribution in [2.45, 2.75) is 6.92 Å². The third-order valence-electron chi connectivity index (χ3n) is 4.68. The summed E-state index contributed by atoms with van der Waals surface area (Å²) in [5, 5.41) is 0. The highest BCUT2D eigenvalue weighted by molar-refractivity contribution is 9.10. The molecule has 4 heteroatoms. The van der Waals surface area contributed by atoms with E-state index in [0.717, 1.165) is 11.4 Å². The molecule has 0 aromatic heterocycles. The van der Waals surface area contributed by atoms with Gasteiger partial charge in [0, 0.05) is 27.8 Å². The van der Waals surface area contributed by atoms with Crippen LogP contribution in [0.1, 0.15) is 38.8 Å². The Bertz CT molecular complexity index is 1030. The van der Waals surface area contributed by atoms with Crippen LogP contribution in [-0.2, 0) is 0 Å². The lowest BCUT2D eigenvalue weighted by Crippen LogP contribution is -2.26. The fourth-order valence-electron chi connectivity index (χ4n) is 3.49. The number of para-hydroxylation sites is 1. The molecule has 0 saturated carbocycles. The molecule has 0 fully saturated rings. The maximum atomic E-state index is 13.3. The molecule has 0 spiro atoms. The molecule has 0 amide bonds. The highest BCUT2D eigenvalue weighted by atomic mass is 79.9. The van der Waals surface area contributed by atoms with Gasteiger partial charge in [0.05, 0.1) is 16.8 Å². The lowest BCUT2D eigenvalue weighted by atomic mass is 9.83. The monoisotopic (exact) mass is 405 g/mol. The summed E-state index contributed by atoms with van der Waals surface area (Å²) in [5.41, 5.74) is 3.58. The lowest BCUT2D eigenvalue weighted by molar-refractivity contribution is 0.0979. The van der Waals surface area contributed by atoms with Crippen LogP contribution in [0.5, 0.6) is 0 Å². The van der Waals surface area contributed by atoms with Gasteiger partial charge in [0.15, 0.2) is 11.6 Å². The van der Waals surface area contributed by atoms with Crippen LogP contribution in [0.15, 0.2) is 71.2 Å². The zero-order chi connectivity index (χ0) is 18.3. The van der Waals surface area contributed by atoms with Crippen molar-refractivity contribution in [2.75, 3.05) is 11.4 Å². The number of carbonyl (C=O) groups excluding carboxylic acids is 2. The van der Waals surface area contributed by atoms with Crippen molar-refractivity contribution >= 4 is 38.9 Å². The first-order valence-corrected chi connectivity index (χ1v) is 9.26. The summed E-state index contributed by atoms with van der Waals surface area (Å²) in [6.07, 6.45) is 0. The largest absolute Gasteiger partial charge is 0.341 e. The van der Waals surface area contributed by atoms with Crippen LogP contribution in [0.3, 0.4) is 0 Å². The van der Waals surface area contributed by atoms with Crippen molar-refractivity contribution in [3.8, 4) is 0 Å². The Morgan fingerprint density at radius 3 is 1.96 bits per heavy atom. The first kappa shape index (κ1) is 16.7. The van der Waals surface area contributed by atoms with Crippen molar-refractivity contribution in [3.05, 3.63) is 93.5 Å². The topological polar surface area (TPSA) is 37.4 Å². The molecule has 0 saturated heterocycles. The molecule has 0 aliphatic heterocycles. The van der Waals surface area contributed by atoms with Gasteiger partial charge in [-0.25, -0.2) is 0 Å². The Morgan fingerprint density at radius 2 is 1.35 bits per heavy atom. The molecule has 0 radical (unpaired) electrons. The van der Waals surface area contributed by atoms with Crippen LogP contribution in [0.2, 0.25) is 0 Å². The highest BCUT2D eigenvalue weighted by Gasteiger charge is 2.34. The average Bonchev–Trinajstić information content (AvgIpc) is 2.68. The van der Waals surface area contributed by atoms with Gasteiger partial charge in [0.2, 0.25) is 0 Å². The normalized spacial score (nSPS) is 12.5. The molecular formula is C22H16BrNO2. The van der Waals surface area contributed by atoms with E-state index in [1.807, 2.05) is 49.4 Å². The van der Waals surface area contributed by atoms with E-state index >= 15 is 0 Å². The standard InChI is InChI=1S/C22H16BrNO2/c1-2-24(14-8-4-3-5-9-14)18-13-12-17(23)19-20(18)22(26)16-11-7-6-10-15(16)21(19)25/h3-13H,2H2,1H3. The molecule has 0 bridgehead atoms. The number of rotatable bonds is 3. The number of benzene rings is 3. The zero-order valence-electron chi connectivity index (χ0n) is 14.2. The van der Waals surface area contributed by atoms with Gasteiger partial charge in [-0.2, -0.15) is 0 Å². The second kappa shape index (κ2) is 6.54. The number of carbonyl (C=O) groups is 2. The molecule has 26 heavy (non-hydrogen) atoms. The highest BCUT2D eigenvalue weighted by Crippen LogP contribution is 2.39. The molecule has 0 unspecified atom stereocenters. The van der Waals surface area contributed by atoms with E-state index in [1.54, 1.807) is 24.3 Å². The van der Waals surface area contributed by atoms with E-state index in [9.17, 15) is 9.59 Å². The number of fused-ring (bicyclic) bond motifs is 2. The van der Waals surface area contributed by atoms with E-state index in [1.165, 1.54) is 0 Å². The molecule has 3 aromatic carbocycles. The minimum atomic E-state index is -0.118. The van der Waals surface area contributed by atoms with Crippen molar-refractivity contribution in [1.29, 1.82) is 0 Å². The second-order valence-corrected chi connectivity index (χ2v) is 6.95. The van der Waals surface area contributed by atoms with Gasteiger partial charge in [-0.05, 0) is 31.2 Å². The van der Waals surface area contributed by atoms with Crippen LogP contribution < -0.4 is 4.90 Å². The number of anilines is 2. The Labute approximate surface area is 160 Å². The van der Waals surface area contributed by atoms with Gasteiger partial charge in [0.25, 0.3) is 0 Å². The number of nitrogens with zero attached hydrogens (tertiary/aromatic N) is 1. The van der Waals surface area contributed by atoms with E-state index in [0.29, 0.717) is 33.3 Å². The molecule has 4 rings (SSSR count). The molecule has 0 heterocycles. The third-order valence-corrected chi connectivity index (χ3v) is 5.34. The van der Waals surface area contributed by atoms with Gasteiger partial charge in [-0.15, -0.1) is 0 Å². The van der Waals surface area contributed by atoms with Gasteiger partial charge in [-0.3, -0.25) is 9.59 Å². The minimum absolute atomic E-state index is 0.110. The Morgan fingerprint density at radius 1 is 0.769 bits per heavy atom. The third kappa shape index (κ3) is 2.49. The molecule has 0 atom stereocenters. The fourth-order valence-corrected chi connectivity index (χ4v) is 4.00. The average molecular weight is 406 g/mol. The molecule has 1 aliphatic rings. The number of hydrogen-bond acceptors (Lipinski definition) is 3. The Balaban J connectivity index is 1.98. The zero-order valence-corrected chi connectivity index (χ0v) is 15.8. The molecule has 3 nitrogen and oxygen atoms in total. The van der Waals surface area contributed by atoms with Crippen molar-refractivity contribution in [2.24, 2.45) is 0 Å². The molecular weight excluding hydrogens is 390 g/mol. The van der Waals surface area contributed by atoms with Crippen LogP contribution in [0.25, 0.3) is 0 Å². The SMILES string of the molecule is CCN(c1ccccc1)c1ccc(Br)c2c1C(=O)c1ccccc1C2=O. The molecule has 3 aromatic rings. The van der Waals surface area contributed by atoms with E-state index in [2.05, 4.69) is 20.8 Å². The van der Waals surface area contributed by atoms with Gasteiger partial charge >= 0.3 is 0 Å². The summed E-state index contributed by atoms with van der Waals surface area (Å²) >= 11 is 3.47. The van der Waals surface area contributed by atoms with Crippen molar-refractivity contribution in [3.63, 3.8) is 0 Å². The van der Waals surface area contributed by atoms with Crippen LogP contribution in [0.4, 0.5) is 11.4 Å². The van der Waals surface area contributed by atoms with Gasteiger partial charge in [-0.1, -0.05) is 58.4 Å². The van der Waals surface area contributed by atoms with E-state index < -0.39 is 0 Å². The summed E-state index contributed by atoms with van der Waals surface area (Å²) in [5.74, 6) is -0.228. The lowest BCUT2D eigenvalue weighted by Gasteiger charge is -2.29. The first-order chi connectivity index (χ1) is 12.6. The fraction of sp³-hybridized carbons (Fsp3) is 0.0909. The summed E-state index contributed by atoms with van der Waals surface area (Å²) in [7, 11) is 0. The van der Waals surface area contributed by atoms with Gasteiger partial charge in [0.1, 0.15) is 0 Å². The maximum absolute atomic E-state index is 13.3. The number of ketones is 2. The summed E-state index contributed by atoms with van der Waals surface area (Å²) in [4.78, 5) is 28.4. The quantitative estimate of drug-likeness (QED) is 0.458. The second-order valence-electron chi connectivity index (χ2n) is 6.10. The number of halogens is 1. The first-order valence-electron chi connectivity index (χ1n) is 8.47. The van der Waals surface area contributed by atoms with Crippen molar-refractivity contribution in [1.82, 2.24) is 0 Å². The predicted octanol–water partition coefficient (Wildman–Crippen LogP) is 5.38. The Hall–Kier alpha value is -2.72. The number of hydrogen-bond donors (Lipinski definition) is 0. The molecule has 1 aliphatic carbocycles. The summed E-state index contributed by atoms with van der Waals surface area (Å²) < 4.78 is 0.646. The predicted molar refractivity (Wildman–Crippen MR) is 107 cm³/mol. The van der Waals surface area contributed by atoms with E-state index in [4.69, 9.17) is 0 Å². The summed E-state index contributed by atoms with van der Waals surface area (Å²) in [6.45, 7) is 2.71. The van der Waals surface area contributed by atoms with E-state index in [-0.39, 0.29) is 11.6 Å².